The number of anilines is 1. The van der Waals surface area contributed by atoms with Crippen molar-refractivity contribution >= 4 is 28.6 Å². The molecule has 0 atom stereocenters. The number of halogens is 3. The van der Waals surface area contributed by atoms with E-state index in [0.717, 1.165) is 24.4 Å². The van der Waals surface area contributed by atoms with E-state index < -0.39 is 39.0 Å². The standard InChI is InChI=1S/C18H13F3N6O5/c1-8-13(26(29)30)4-10(5-14(8)27(31)32)23-17(28)11-7-22-25-15(18(19,20)21)6-12(9-2-3-9)24-16(11)25/h4-7,9H,2-3H2,1H3,(H,23,28). The maximum atomic E-state index is 13.5. The van der Waals surface area contributed by atoms with Crippen LogP contribution in [0.15, 0.2) is 24.4 Å². The van der Waals surface area contributed by atoms with Gasteiger partial charge >= 0.3 is 6.18 Å². The predicted octanol–water partition coefficient (Wildman–Crippen LogP) is 4.00. The summed E-state index contributed by atoms with van der Waals surface area (Å²) in [4.78, 5) is 37.7. The number of hydrogen-bond donors (Lipinski definition) is 1. The molecule has 1 fully saturated rings. The Morgan fingerprint density at radius 1 is 1.16 bits per heavy atom. The Labute approximate surface area is 176 Å². The number of nitrogens with zero attached hydrogens (tertiary/aromatic N) is 5. The van der Waals surface area contributed by atoms with Gasteiger partial charge in [-0.3, -0.25) is 25.0 Å². The van der Waals surface area contributed by atoms with E-state index in [2.05, 4.69) is 15.4 Å². The third kappa shape index (κ3) is 3.70. The average molecular weight is 450 g/mol. The highest BCUT2D eigenvalue weighted by Gasteiger charge is 2.38. The van der Waals surface area contributed by atoms with Crippen molar-refractivity contribution in [2.24, 2.45) is 0 Å². The van der Waals surface area contributed by atoms with Gasteiger partial charge in [-0.05, 0) is 25.8 Å². The number of nitro benzene ring substituents is 2. The molecular formula is C18H13F3N6O5. The van der Waals surface area contributed by atoms with Crippen LogP contribution in [-0.2, 0) is 6.18 Å². The maximum Gasteiger partial charge on any atom is 0.433 e. The number of fused-ring (bicyclic) bond motifs is 1. The van der Waals surface area contributed by atoms with Gasteiger partial charge in [0.1, 0.15) is 16.8 Å². The van der Waals surface area contributed by atoms with Crippen LogP contribution in [0.4, 0.5) is 30.2 Å². The fourth-order valence-electron chi connectivity index (χ4n) is 3.27. The topological polar surface area (TPSA) is 146 Å². The summed E-state index contributed by atoms with van der Waals surface area (Å²) in [6.07, 6.45) is -2.51. The van der Waals surface area contributed by atoms with Crippen molar-refractivity contribution in [3.05, 3.63) is 67.1 Å². The van der Waals surface area contributed by atoms with Crippen molar-refractivity contribution in [1.82, 2.24) is 14.6 Å². The second-order valence-electron chi connectivity index (χ2n) is 7.24. The number of carbonyl (C=O) groups excluding carboxylic acids is 1. The Balaban J connectivity index is 1.78. The predicted molar refractivity (Wildman–Crippen MR) is 102 cm³/mol. The molecule has 0 radical (unpaired) electrons. The third-order valence-electron chi connectivity index (χ3n) is 5.03. The Hall–Kier alpha value is -4.10. The largest absolute Gasteiger partial charge is 0.433 e. The van der Waals surface area contributed by atoms with Crippen molar-refractivity contribution in [2.75, 3.05) is 5.32 Å². The van der Waals surface area contributed by atoms with Gasteiger partial charge < -0.3 is 5.32 Å². The van der Waals surface area contributed by atoms with Gasteiger partial charge in [0.25, 0.3) is 17.3 Å². The number of amides is 1. The second kappa shape index (κ2) is 7.25. The van der Waals surface area contributed by atoms with Crippen LogP contribution in [-0.4, -0.2) is 30.4 Å². The van der Waals surface area contributed by atoms with E-state index in [1.165, 1.54) is 6.92 Å². The number of rotatable bonds is 5. The number of benzene rings is 1. The van der Waals surface area contributed by atoms with Crippen LogP contribution in [0.2, 0.25) is 0 Å². The lowest BCUT2D eigenvalue weighted by Gasteiger charge is -2.11. The summed E-state index contributed by atoms with van der Waals surface area (Å²) in [6.45, 7) is 1.19. The number of alkyl halides is 3. The van der Waals surface area contributed by atoms with Crippen molar-refractivity contribution in [2.45, 2.75) is 31.9 Å². The van der Waals surface area contributed by atoms with E-state index in [9.17, 15) is 38.2 Å². The van der Waals surface area contributed by atoms with Crippen molar-refractivity contribution in [3.63, 3.8) is 0 Å². The smallest absolute Gasteiger partial charge is 0.321 e. The molecule has 32 heavy (non-hydrogen) atoms. The van der Waals surface area contributed by atoms with Crippen LogP contribution >= 0.6 is 0 Å². The van der Waals surface area contributed by atoms with Crippen LogP contribution in [0.3, 0.4) is 0 Å². The SMILES string of the molecule is Cc1c([N+](=O)[O-])cc(NC(=O)c2cnn3c(C(F)(F)F)cc(C4CC4)nc23)cc1[N+](=O)[O-]. The number of carbonyl (C=O) groups is 1. The highest BCUT2D eigenvalue weighted by Crippen LogP contribution is 2.41. The molecule has 4 rings (SSSR count). The van der Waals surface area contributed by atoms with Gasteiger partial charge in [0.05, 0.1) is 21.7 Å². The van der Waals surface area contributed by atoms with Gasteiger partial charge in [-0.2, -0.15) is 18.3 Å². The molecule has 2 heterocycles. The van der Waals surface area contributed by atoms with Gasteiger partial charge in [-0.15, -0.1) is 0 Å². The monoisotopic (exact) mass is 450 g/mol. The first-order valence-electron chi connectivity index (χ1n) is 9.18. The zero-order valence-electron chi connectivity index (χ0n) is 16.2. The summed E-state index contributed by atoms with van der Waals surface area (Å²) in [5.74, 6) is -1.12. The molecule has 1 aliphatic rings. The van der Waals surface area contributed by atoms with E-state index in [0.29, 0.717) is 17.4 Å². The minimum absolute atomic E-state index is 0.144. The van der Waals surface area contributed by atoms with Gasteiger partial charge in [-0.25, -0.2) is 9.50 Å². The van der Waals surface area contributed by atoms with E-state index >= 15 is 0 Å². The molecule has 166 valence electrons. The summed E-state index contributed by atoms with van der Waals surface area (Å²) in [5, 5.41) is 28.3. The second-order valence-corrected chi connectivity index (χ2v) is 7.24. The molecule has 0 bridgehead atoms. The third-order valence-corrected chi connectivity index (χ3v) is 5.03. The summed E-state index contributed by atoms with van der Waals surface area (Å²) < 4.78 is 41.0. The lowest BCUT2D eigenvalue weighted by atomic mass is 10.1. The van der Waals surface area contributed by atoms with Crippen molar-refractivity contribution in [3.8, 4) is 0 Å². The summed E-state index contributed by atoms with van der Waals surface area (Å²) >= 11 is 0. The lowest BCUT2D eigenvalue weighted by Crippen LogP contribution is -2.16. The number of nitro groups is 2. The quantitative estimate of drug-likeness (QED) is 0.457. The fraction of sp³-hybridized carbons (Fsp3) is 0.278. The van der Waals surface area contributed by atoms with Crippen LogP contribution in [0, 0.1) is 27.2 Å². The first kappa shape index (κ1) is 21.1. The molecule has 3 aromatic rings. The zero-order chi connectivity index (χ0) is 23.4. The maximum absolute atomic E-state index is 13.5. The van der Waals surface area contributed by atoms with Crippen LogP contribution in [0.1, 0.15) is 46.1 Å². The Kier molecular flexibility index (Phi) is 4.79. The minimum Gasteiger partial charge on any atom is -0.321 e. The highest BCUT2D eigenvalue weighted by molar-refractivity contribution is 6.08. The highest BCUT2D eigenvalue weighted by atomic mass is 19.4. The number of hydrogen-bond acceptors (Lipinski definition) is 7. The molecule has 0 spiro atoms. The molecule has 0 saturated heterocycles. The lowest BCUT2D eigenvalue weighted by molar-refractivity contribution is -0.395. The molecule has 1 saturated carbocycles. The summed E-state index contributed by atoms with van der Waals surface area (Å²) in [5.41, 5.74) is -3.23. The van der Waals surface area contributed by atoms with E-state index in [1.54, 1.807) is 0 Å². The zero-order valence-corrected chi connectivity index (χ0v) is 16.2. The summed E-state index contributed by atoms with van der Waals surface area (Å²) in [6, 6.07) is 2.75. The van der Waals surface area contributed by atoms with Crippen molar-refractivity contribution in [1.29, 1.82) is 0 Å². The number of nitrogens with one attached hydrogen (secondary N) is 1. The molecule has 2 aromatic heterocycles. The van der Waals surface area contributed by atoms with E-state index in [1.807, 2.05) is 0 Å². The molecular weight excluding hydrogens is 437 g/mol. The van der Waals surface area contributed by atoms with Gasteiger partial charge in [0, 0.05) is 23.7 Å². The molecule has 1 aliphatic carbocycles. The average Bonchev–Trinajstić information content (AvgIpc) is 3.46. The fourth-order valence-corrected chi connectivity index (χ4v) is 3.27. The van der Waals surface area contributed by atoms with Gasteiger partial charge in [-0.1, -0.05) is 0 Å². The Morgan fingerprint density at radius 3 is 2.25 bits per heavy atom. The summed E-state index contributed by atoms with van der Waals surface area (Å²) in [7, 11) is 0. The first-order chi connectivity index (χ1) is 15.0. The Bertz CT molecular complexity index is 1260. The molecule has 1 amide bonds. The molecule has 0 aliphatic heterocycles. The van der Waals surface area contributed by atoms with Gasteiger partial charge in [0.15, 0.2) is 5.65 Å². The molecule has 1 N–H and O–H groups in total. The molecule has 14 heteroatoms. The normalized spacial score (nSPS) is 13.9. The molecule has 0 unspecified atom stereocenters. The van der Waals surface area contributed by atoms with Gasteiger partial charge in [0.2, 0.25) is 0 Å². The van der Waals surface area contributed by atoms with E-state index in [4.69, 9.17) is 0 Å². The van der Waals surface area contributed by atoms with Crippen LogP contribution in [0.25, 0.3) is 5.65 Å². The van der Waals surface area contributed by atoms with Crippen molar-refractivity contribution < 1.29 is 27.8 Å². The molecule has 11 nitrogen and oxygen atoms in total. The number of aromatic nitrogens is 3. The molecule has 1 aromatic carbocycles. The van der Waals surface area contributed by atoms with E-state index in [-0.39, 0.29) is 34.1 Å². The Morgan fingerprint density at radius 2 is 1.75 bits per heavy atom. The van der Waals surface area contributed by atoms with Crippen LogP contribution in [0.5, 0.6) is 0 Å². The van der Waals surface area contributed by atoms with Crippen LogP contribution < -0.4 is 5.32 Å². The minimum atomic E-state index is -4.75. The first-order valence-corrected chi connectivity index (χ1v) is 9.18.